The first kappa shape index (κ1) is 11.1. The van der Waals surface area contributed by atoms with Gasteiger partial charge in [0.25, 0.3) is 0 Å². The maximum atomic E-state index is 11.1. The average molecular weight is 205 g/mol. The lowest BCUT2D eigenvalue weighted by molar-refractivity contribution is 0.101. The van der Waals surface area contributed by atoms with Gasteiger partial charge in [-0.05, 0) is 24.6 Å². The molecule has 0 atom stereocenters. The lowest BCUT2D eigenvalue weighted by Gasteiger charge is -2.04. The van der Waals surface area contributed by atoms with Gasteiger partial charge in [-0.25, -0.2) is 0 Å². The molecule has 0 aliphatic rings. The first-order valence-corrected chi connectivity index (χ1v) is 4.48. The first-order valence-electron chi connectivity index (χ1n) is 4.48. The van der Waals surface area contributed by atoms with E-state index in [1.54, 1.807) is 24.3 Å². The van der Waals surface area contributed by atoms with Gasteiger partial charge < -0.3 is 4.74 Å². The second kappa shape index (κ2) is 5.67. The fourth-order valence-corrected chi connectivity index (χ4v) is 1.05. The Kier molecular flexibility index (Phi) is 4.19. The van der Waals surface area contributed by atoms with Crippen LogP contribution in [0.3, 0.4) is 0 Å². The molecule has 78 valence electrons. The summed E-state index contributed by atoms with van der Waals surface area (Å²) >= 11 is 0. The molecule has 5 nitrogen and oxygen atoms in total. The summed E-state index contributed by atoms with van der Waals surface area (Å²) in [5.41, 5.74) is 8.65. The third-order valence-corrected chi connectivity index (χ3v) is 1.76. The Morgan fingerprint density at radius 1 is 1.60 bits per heavy atom. The molecular formula is C10H11N3O2. The van der Waals surface area contributed by atoms with Crippen LogP contribution in [0, 0.1) is 0 Å². The number of carbonyl (C=O) groups is 1. The van der Waals surface area contributed by atoms with Crippen molar-refractivity contribution in [2.24, 2.45) is 5.11 Å². The Balaban J connectivity index is 2.57. The third kappa shape index (κ3) is 3.70. The van der Waals surface area contributed by atoms with Crippen LogP contribution in [-0.2, 0) is 0 Å². The third-order valence-electron chi connectivity index (χ3n) is 1.76. The highest BCUT2D eigenvalue weighted by atomic mass is 16.5. The van der Waals surface area contributed by atoms with E-state index >= 15 is 0 Å². The summed E-state index contributed by atoms with van der Waals surface area (Å²) in [5, 5.41) is 3.33. The van der Waals surface area contributed by atoms with Crippen molar-refractivity contribution in [3.8, 4) is 5.75 Å². The van der Waals surface area contributed by atoms with Gasteiger partial charge in [0.2, 0.25) is 0 Å². The molecule has 0 amide bonds. The zero-order chi connectivity index (χ0) is 11.1. The van der Waals surface area contributed by atoms with Crippen LogP contribution in [0.1, 0.15) is 17.3 Å². The topological polar surface area (TPSA) is 75.1 Å². The fourth-order valence-electron chi connectivity index (χ4n) is 1.05. The zero-order valence-corrected chi connectivity index (χ0v) is 8.38. The number of hydrogen-bond donors (Lipinski definition) is 0. The van der Waals surface area contributed by atoms with E-state index in [0.717, 1.165) is 0 Å². The Morgan fingerprint density at radius 3 is 3.07 bits per heavy atom. The highest BCUT2D eigenvalue weighted by Crippen LogP contribution is 2.13. The normalized spacial score (nSPS) is 9.13. The van der Waals surface area contributed by atoms with Gasteiger partial charge in [0.15, 0.2) is 5.78 Å². The molecule has 1 rings (SSSR count). The molecule has 0 saturated carbocycles. The molecule has 0 aliphatic carbocycles. The van der Waals surface area contributed by atoms with Gasteiger partial charge in [-0.2, -0.15) is 0 Å². The molecule has 0 aromatic heterocycles. The van der Waals surface area contributed by atoms with Crippen molar-refractivity contribution in [3.05, 3.63) is 40.3 Å². The van der Waals surface area contributed by atoms with Crippen molar-refractivity contribution in [2.45, 2.75) is 6.92 Å². The van der Waals surface area contributed by atoms with E-state index in [1.807, 2.05) is 0 Å². The standard InChI is InChI=1S/C10H11N3O2/c1-8(14)9-3-2-4-10(7-9)15-6-5-12-13-11/h2-4,7H,5-6H2,1H3. The monoisotopic (exact) mass is 205 g/mol. The summed E-state index contributed by atoms with van der Waals surface area (Å²) in [6, 6.07) is 6.89. The second-order valence-electron chi connectivity index (χ2n) is 2.89. The highest BCUT2D eigenvalue weighted by Gasteiger charge is 2.00. The number of ketones is 1. The molecule has 0 saturated heterocycles. The van der Waals surface area contributed by atoms with E-state index < -0.39 is 0 Å². The van der Waals surface area contributed by atoms with E-state index in [0.29, 0.717) is 17.9 Å². The van der Waals surface area contributed by atoms with Gasteiger partial charge in [0, 0.05) is 10.5 Å². The number of benzene rings is 1. The van der Waals surface area contributed by atoms with Crippen molar-refractivity contribution >= 4 is 5.78 Å². The molecule has 0 heterocycles. The second-order valence-corrected chi connectivity index (χ2v) is 2.89. The number of ether oxygens (including phenoxy) is 1. The summed E-state index contributed by atoms with van der Waals surface area (Å²) < 4.78 is 5.28. The number of nitrogens with zero attached hydrogens (tertiary/aromatic N) is 3. The summed E-state index contributed by atoms with van der Waals surface area (Å²) in [7, 11) is 0. The van der Waals surface area contributed by atoms with Gasteiger partial charge >= 0.3 is 0 Å². The average Bonchev–Trinajstić information content (AvgIpc) is 2.25. The van der Waals surface area contributed by atoms with Crippen LogP contribution in [0.4, 0.5) is 0 Å². The molecule has 0 fully saturated rings. The molecule has 0 N–H and O–H groups in total. The summed E-state index contributed by atoms with van der Waals surface area (Å²) in [6.45, 7) is 2.09. The largest absolute Gasteiger partial charge is 0.493 e. The predicted octanol–water partition coefficient (Wildman–Crippen LogP) is 2.58. The first-order chi connectivity index (χ1) is 7.24. The molecule has 0 spiro atoms. The molecule has 0 radical (unpaired) electrons. The molecule has 1 aromatic carbocycles. The molecule has 0 bridgehead atoms. The van der Waals surface area contributed by atoms with Gasteiger partial charge in [-0.3, -0.25) is 4.79 Å². The Morgan fingerprint density at radius 2 is 2.40 bits per heavy atom. The maximum Gasteiger partial charge on any atom is 0.159 e. The molecular weight excluding hydrogens is 194 g/mol. The van der Waals surface area contributed by atoms with Crippen molar-refractivity contribution < 1.29 is 9.53 Å². The fraction of sp³-hybridized carbons (Fsp3) is 0.300. The van der Waals surface area contributed by atoms with Crippen molar-refractivity contribution in [2.75, 3.05) is 13.2 Å². The number of hydrogen-bond acceptors (Lipinski definition) is 3. The SMILES string of the molecule is CC(=O)c1cccc(OCCN=[N+]=[N-])c1. The zero-order valence-electron chi connectivity index (χ0n) is 8.38. The lowest BCUT2D eigenvalue weighted by Crippen LogP contribution is -2.01. The number of Topliss-reactive ketones (excluding diaryl/α,β-unsaturated/α-hetero) is 1. The lowest BCUT2D eigenvalue weighted by atomic mass is 10.1. The Bertz CT molecular complexity index is 397. The van der Waals surface area contributed by atoms with Gasteiger partial charge in [-0.15, -0.1) is 0 Å². The van der Waals surface area contributed by atoms with Crippen molar-refractivity contribution in [1.82, 2.24) is 0 Å². The van der Waals surface area contributed by atoms with Crippen LogP contribution in [0.25, 0.3) is 10.4 Å². The highest BCUT2D eigenvalue weighted by molar-refractivity contribution is 5.94. The predicted molar refractivity (Wildman–Crippen MR) is 56.0 cm³/mol. The number of azide groups is 1. The molecule has 1 aromatic rings. The van der Waals surface area contributed by atoms with E-state index in [-0.39, 0.29) is 12.3 Å². The number of carbonyl (C=O) groups excluding carboxylic acids is 1. The van der Waals surface area contributed by atoms with E-state index in [1.165, 1.54) is 6.92 Å². The van der Waals surface area contributed by atoms with Gasteiger partial charge in [-0.1, -0.05) is 17.2 Å². The molecule has 5 heteroatoms. The summed E-state index contributed by atoms with van der Waals surface area (Å²) in [6.07, 6.45) is 0. The Labute approximate surface area is 87.3 Å². The molecule has 0 aliphatic heterocycles. The van der Waals surface area contributed by atoms with Gasteiger partial charge in [0.1, 0.15) is 5.75 Å². The van der Waals surface area contributed by atoms with Crippen LogP contribution >= 0.6 is 0 Å². The molecule has 15 heavy (non-hydrogen) atoms. The quantitative estimate of drug-likeness (QED) is 0.243. The van der Waals surface area contributed by atoms with Crippen molar-refractivity contribution in [3.63, 3.8) is 0 Å². The molecule has 0 unspecified atom stereocenters. The van der Waals surface area contributed by atoms with E-state index in [4.69, 9.17) is 10.3 Å². The van der Waals surface area contributed by atoms with E-state index in [2.05, 4.69) is 10.0 Å². The maximum absolute atomic E-state index is 11.1. The number of rotatable bonds is 5. The minimum Gasteiger partial charge on any atom is -0.493 e. The van der Waals surface area contributed by atoms with Crippen molar-refractivity contribution in [1.29, 1.82) is 0 Å². The minimum atomic E-state index is -0.00417. The van der Waals surface area contributed by atoms with Crippen LogP contribution < -0.4 is 4.74 Å². The van der Waals surface area contributed by atoms with Gasteiger partial charge in [0.05, 0.1) is 13.2 Å². The summed E-state index contributed by atoms with van der Waals surface area (Å²) in [4.78, 5) is 13.7. The van der Waals surface area contributed by atoms with E-state index in [9.17, 15) is 4.79 Å². The minimum absolute atomic E-state index is 0.00417. The van der Waals surface area contributed by atoms with Crippen LogP contribution in [0.5, 0.6) is 5.75 Å². The smallest absolute Gasteiger partial charge is 0.159 e. The van der Waals surface area contributed by atoms with Crippen LogP contribution in [0.2, 0.25) is 0 Å². The van der Waals surface area contributed by atoms with Crippen LogP contribution in [-0.4, -0.2) is 18.9 Å². The Hall–Kier alpha value is -2.00. The summed E-state index contributed by atoms with van der Waals surface area (Å²) in [5.74, 6) is 0.603. The van der Waals surface area contributed by atoms with Crippen LogP contribution in [0.15, 0.2) is 29.4 Å².